The topological polar surface area (TPSA) is 156 Å². The van der Waals surface area contributed by atoms with Gasteiger partial charge in [0.25, 0.3) is 0 Å². The Bertz CT molecular complexity index is 980. The van der Waals surface area contributed by atoms with Crippen LogP contribution in [-0.4, -0.2) is 75.3 Å². The van der Waals surface area contributed by atoms with E-state index in [4.69, 9.17) is 18.6 Å². The summed E-state index contributed by atoms with van der Waals surface area (Å²) in [5, 5.41) is 35.5. The number of aryl methyl sites for hydroxylation is 1. The minimum atomic E-state index is -2.13. The lowest BCUT2D eigenvalue weighted by Gasteiger charge is -2.68. The first-order valence-corrected chi connectivity index (χ1v) is 11.4. The number of epoxide rings is 1. The maximum Gasteiger partial charge on any atom is 0.303 e. The highest BCUT2D eigenvalue weighted by Gasteiger charge is 2.87. The van der Waals surface area contributed by atoms with Crippen LogP contribution in [0.1, 0.15) is 52.5 Å². The van der Waals surface area contributed by atoms with E-state index < -0.39 is 64.2 Å². The van der Waals surface area contributed by atoms with Crippen molar-refractivity contribution >= 4 is 17.7 Å². The molecule has 0 aromatic carbocycles. The molecule has 3 N–H and O–H groups in total. The first-order valence-electron chi connectivity index (χ1n) is 11.4. The Hall–Kier alpha value is -2.27. The maximum absolute atomic E-state index is 13.6. The van der Waals surface area contributed by atoms with Crippen LogP contribution in [0.2, 0.25) is 0 Å². The molecule has 3 aliphatic rings. The van der Waals surface area contributed by atoms with E-state index in [0.717, 1.165) is 5.56 Å². The average Bonchev–Trinajstić information content (AvgIpc) is 3.38. The molecule has 2 aliphatic carbocycles. The lowest BCUT2D eigenvalue weighted by atomic mass is 9.38. The second-order valence-electron chi connectivity index (χ2n) is 10.2. The maximum atomic E-state index is 13.6. The van der Waals surface area contributed by atoms with Gasteiger partial charge in [-0.05, 0) is 44.2 Å². The van der Waals surface area contributed by atoms with Crippen LogP contribution in [0.4, 0.5) is 0 Å². The standard InChI is InChI=1S/C24H32O10/c1-14(25)32-12-22-19(28)18(27)21(4,29)20(3,8-5-16-7-10-31-11-16)24(22,30)9-6-17(34-15(2)26)23(22)13-33-23/h7,10-11,17,19,28-30H,5-6,8-9,12-13H2,1-4H3/t17-,19-,20+,21-,22-,23+,24-/m0/s1. The third kappa shape index (κ3) is 3.05. The number of ketones is 1. The molecule has 1 aromatic rings. The van der Waals surface area contributed by atoms with Crippen molar-refractivity contribution in [2.24, 2.45) is 10.8 Å². The molecule has 2 saturated carbocycles. The van der Waals surface area contributed by atoms with E-state index in [9.17, 15) is 29.7 Å². The SMILES string of the molecule is CC(=O)OC[C@@]12[C@@H](O)C(=O)[C@](C)(O)[C@@](C)(CCc3ccoc3)[C@@]1(O)CC[C@H](OC(C)=O)[C@]21CO1. The van der Waals surface area contributed by atoms with Gasteiger partial charge < -0.3 is 33.9 Å². The number of aliphatic hydroxyl groups is 3. The van der Waals surface area contributed by atoms with Crippen molar-refractivity contribution in [3.63, 3.8) is 0 Å². The second-order valence-corrected chi connectivity index (χ2v) is 10.2. The van der Waals surface area contributed by atoms with Gasteiger partial charge in [0.1, 0.15) is 35.4 Å². The summed E-state index contributed by atoms with van der Waals surface area (Å²) < 4.78 is 21.8. The summed E-state index contributed by atoms with van der Waals surface area (Å²) in [6.45, 7) is 4.72. The second kappa shape index (κ2) is 7.87. The van der Waals surface area contributed by atoms with Gasteiger partial charge in [0.05, 0.1) is 24.7 Å². The number of aliphatic hydroxyl groups excluding tert-OH is 1. The number of ether oxygens (including phenoxy) is 3. The van der Waals surface area contributed by atoms with E-state index >= 15 is 0 Å². The van der Waals surface area contributed by atoms with Crippen molar-refractivity contribution in [1.82, 2.24) is 0 Å². The molecule has 1 spiro atoms. The molecule has 4 rings (SSSR count). The molecule has 1 aromatic heterocycles. The van der Waals surface area contributed by atoms with Crippen LogP contribution in [0.3, 0.4) is 0 Å². The molecule has 0 unspecified atom stereocenters. The number of rotatable bonds is 6. The normalized spacial score (nSPS) is 43.3. The molecular weight excluding hydrogens is 448 g/mol. The molecule has 0 radical (unpaired) electrons. The molecule has 1 saturated heterocycles. The Balaban J connectivity index is 1.89. The Morgan fingerprint density at radius 3 is 2.41 bits per heavy atom. The predicted octanol–water partition coefficient (Wildman–Crippen LogP) is 0.688. The lowest BCUT2D eigenvalue weighted by Crippen LogP contribution is -2.85. The van der Waals surface area contributed by atoms with Gasteiger partial charge in [-0.25, -0.2) is 0 Å². The zero-order chi connectivity index (χ0) is 25.2. The van der Waals surface area contributed by atoms with E-state index in [1.54, 1.807) is 13.0 Å². The van der Waals surface area contributed by atoms with Crippen LogP contribution in [0.25, 0.3) is 0 Å². The Labute approximate surface area is 197 Å². The summed E-state index contributed by atoms with van der Waals surface area (Å²) in [5.74, 6) is -2.18. The highest BCUT2D eigenvalue weighted by molar-refractivity contribution is 5.94. The molecule has 0 amide bonds. The van der Waals surface area contributed by atoms with Crippen molar-refractivity contribution in [3.8, 4) is 0 Å². The molecule has 7 atom stereocenters. The number of esters is 2. The number of fused-ring (bicyclic) bond motifs is 2. The smallest absolute Gasteiger partial charge is 0.303 e. The molecule has 188 valence electrons. The number of Topliss-reactive ketones (excluding diaryl/α,β-unsaturated/α-hetero) is 1. The van der Waals surface area contributed by atoms with Crippen molar-refractivity contribution in [3.05, 3.63) is 24.2 Å². The molecule has 3 fully saturated rings. The molecule has 10 heteroatoms. The fraction of sp³-hybridized carbons (Fsp3) is 0.708. The largest absolute Gasteiger partial charge is 0.472 e. The van der Waals surface area contributed by atoms with Crippen LogP contribution in [0, 0.1) is 10.8 Å². The zero-order valence-corrected chi connectivity index (χ0v) is 19.8. The Morgan fingerprint density at radius 1 is 1.21 bits per heavy atom. The van der Waals surface area contributed by atoms with Crippen LogP contribution in [0.15, 0.2) is 23.0 Å². The number of carbonyl (C=O) groups is 3. The van der Waals surface area contributed by atoms with Gasteiger partial charge in [-0.15, -0.1) is 0 Å². The van der Waals surface area contributed by atoms with Gasteiger partial charge in [0.15, 0.2) is 5.78 Å². The first-order chi connectivity index (χ1) is 15.8. The molecular formula is C24H32O10. The number of hydrogen-bond acceptors (Lipinski definition) is 10. The molecule has 2 heterocycles. The molecule has 1 aliphatic heterocycles. The van der Waals surface area contributed by atoms with Gasteiger partial charge in [-0.2, -0.15) is 0 Å². The quantitative estimate of drug-likeness (QED) is 0.391. The van der Waals surface area contributed by atoms with Crippen LogP contribution < -0.4 is 0 Å². The fourth-order valence-electron chi connectivity index (χ4n) is 6.51. The first kappa shape index (κ1) is 24.8. The zero-order valence-electron chi connectivity index (χ0n) is 19.8. The average molecular weight is 481 g/mol. The van der Waals surface area contributed by atoms with E-state index in [2.05, 4.69) is 0 Å². The third-order valence-corrected chi connectivity index (χ3v) is 8.72. The van der Waals surface area contributed by atoms with Crippen molar-refractivity contribution in [2.45, 2.75) is 82.4 Å². The number of carbonyl (C=O) groups excluding carboxylic acids is 3. The predicted molar refractivity (Wildman–Crippen MR) is 114 cm³/mol. The van der Waals surface area contributed by atoms with Gasteiger partial charge in [-0.3, -0.25) is 14.4 Å². The van der Waals surface area contributed by atoms with Crippen molar-refractivity contribution < 1.29 is 48.3 Å². The number of furan rings is 1. The molecule has 0 bridgehead atoms. The summed E-state index contributed by atoms with van der Waals surface area (Å²) in [6.07, 6.45) is 0.832. The molecule has 34 heavy (non-hydrogen) atoms. The highest BCUT2D eigenvalue weighted by Crippen LogP contribution is 2.70. The Kier molecular flexibility index (Phi) is 5.75. The Morgan fingerprint density at radius 2 is 1.88 bits per heavy atom. The summed E-state index contributed by atoms with van der Waals surface area (Å²) in [7, 11) is 0. The minimum Gasteiger partial charge on any atom is -0.472 e. The number of hydrogen-bond donors (Lipinski definition) is 3. The lowest BCUT2D eigenvalue weighted by molar-refractivity contribution is -0.327. The van der Waals surface area contributed by atoms with Gasteiger partial charge in [0.2, 0.25) is 0 Å². The van der Waals surface area contributed by atoms with Crippen molar-refractivity contribution in [2.75, 3.05) is 13.2 Å². The minimum absolute atomic E-state index is 0.0290. The van der Waals surface area contributed by atoms with Crippen LogP contribution in [0.5, 0.6) is 0 Å². The molecule has 10 nitrogen and oxygen atoms in total. The summed E-state index contributed by atoms with van der Waals surface area (Å²) in [4.78, 5) is 37.3. The highest BCUT2D eigenvalue weighted by atomic mass is 16.6. The van der Waals surface area contributed by atoms with E-state index in [-0.39, 0.29) is 25.9 Å². The third-order valence-electron chi connectivity index (χ3n) is 8.72. The van der Waals surface area contributed by atoms with Crippen LogP contribution in [-0.2, 0) is 35.0 Å². The van der Waals surface area contributed by atoms with E-state index in [1.165, 1.54) is 33.3 Å². The van der Waals surface area contributed by atoms with Gasteiger partial charge >= 0.3 is 11.9 Å². The van der Waals surface area contributed by atoms with Crippen LogP contribution >= 0.6 is 0 Å². The van der Waals surface area contributed by atoms with E-state index in [1.807, 2.05) is 0 Å². The summed E-state index contributed by atoms with van der Waals surface area (Å²) in [5.41, 5.74) is -8.12. The summed E-state index contributed by atoms with van der Waals surface area (Å²) in [6, 6.07) is 1.75. The van der Waals surface area contributed by atoms with Crippen molar-refractivity contribution in [1.29, 1.82) is 0 Å². The van der Waals surface area contributed by atoms with E-state index in [0.29, 0.717) is 6.42 Å². The fourth-order valence-corrected chi connectivity index (χ4v) is 6.51. The van der Waals surface area contributed by atoms with Gasteiger partial charge in [-0.1, -0.05) is 6.92 Å². The van der Waals surface area contributed by atoms with Gasteiger partial charge in [0, 0.05) is 19.3 Å². The monoisotopic (exact) mass is 480 g/mol. The summed E-state index contributed by atoms with van der Waals surface area (Å²) >= 11 is 0.